The molecule has 2 rings (SSSR count). The molecular weight excluding hydrogens is 334 g/mol. The van der Waals surface area contributed by atoms with Gasteiger partial charge in [-0.05, 0) is 51.1 Å². The minimum Gasteiger partial charge on any atom is -0.481 e. The summed E-state index contributed by atoms with van der Waals surface area (Å²) in [5.41, 5.74) is 1.21. The van der Waals surface area contributed by atoms with Crippen LogP contribution in [0.15, 0.2) is 48.5 Å². The fourth-order valence-corrected chi connectivity index (χ4v) is 2.30. The van der Waals surface area contributed by atoms with Crippen LogP contribution >= 0.6 is 0 Å². The van der Waals surface area contributed by atoms with Crippen LogP contribution in [-0.2, 0) is 9.53 Å². The van der Waals surface area contributed by atoms with Crippen LogP contribution in [0.1, 0.15) is 41.5 Å². The molecule has 6 nitrogen and oxygen atoms in total. The topological polar surface area (TPSA) is 81.7 Å². The minimum absolute atomic E-state index is 0.142. The highest BCUT2D eigenvalue weighted by molar-refractivity contribution is 6.04. The van der Waals surface area contributed by atoms with Crippen LogP contribution in [0.3, 0.4) is 0 Å². The number of carbonyl (C=O) groups is 3. The van der Waals surface area contributed by atoms with E-state index < -0.39 is 18.0 Å². The van der Waals surface area contributed by atoms with Crippen LogP contribution in [-0.4, -0.2) is 30.4 Å². The largest absolute Gasteiger partial charge is 0.481 e. The molecule has 0 fully saturated rings. The number of para-hydroxylation sites is 1. The van der Waals surface area contributed by atoms with Gasteiger partial charge in [-0.3, -0.25) is 9.59 Å². The number of rotatable bonds is 7. The Morgan fingerprint density at radius 3 is 2.50 bits per heavy atom. The lowest BCUT2D eigenvalue weighted by molar-refractivity contribution is -0.122. The Morgan fingerprint density at radius 1 is 1.08 bits per heavy atom. The molecule has 1 atom stereocenters. The van der Waals surface area contributed by atoms with Crippen molar-refractivity contribution in [1.29, 1.82) is 0 Å². The monoisotopic (exact) mass is 355 g/mol. The molecule has 6 heteroatoms. The lowest BCUT2D eigenvalue weighted by atomic mass is 10.1. The molecule has 0 aliphatic heterocycles. The molecular formula is C20H21NO5. The fourth-order valence-electron chi connectivity index (χ4n) is 2.30. The third-order valence-corrected chi connectivity index (χ3v) is 3.59. The van der Waals surface area contributed by atoms with Crippen molar-refractivity contribution in [3.8, 4) is 5.75 Å². The van der Waals surface area contributed by atoms with Gasteiger partial charge in [0.05, 0.1) is 17.9 Å². The van der Waals surface area contributed by atoms with Gasteiger partial charge in [-0.15, -0.1) is 0 Å². The fraction of sp³-hybridized carbons (Fsp3) is 0.250. The molecule has 1 N–H and O–H groups in total. The van der Waals surface area contributed by atoms with Gasteiger partial charge in [-0.2, -0.15) is 0 Å². The van der Waals surface area contributed by atoms with Gasteiger partial charge >= 0.3 is 5.97 Å². The number of nitrogens with one attached hydrogen (secondary N) is 1. The summed E-state index contributed by atoms with van der Waals surface area (Å²) in [6.45, 7) is 5.02. The second kappa shape index (κ2) is 8.80. The van der Waals surface area contributed by atoms with E-state index >= 15 is 0 Å². The summed E-state index contributed by atoms with van der Waals surface area (Å²) in [4.78, 5) is 35.8. The summed E-state index contributed by atoms with van der Waals surface area (Å²) in [7, 11) is 0. The number of hydrogen-bond donors (Lipinski definition) is 1. The average molecular weight is 355 g/mol. The predicted octanol–water partition coefficient (Wildman–Crippen LogP) is 3.47. The molecule has 0 bridgehead atoms. The molecule has 0 aliphatic carbocycles. The predicted molar refractivity (Wildman–Crippen MR) is 97.6 cm³/mol. The zero-order valence-corrected chi connectivity index (χ0v) is 14.9. The van der Waals surface area contributed by atoms with Crippen molar-refractivity contribution in [3.63, 3.8) is 0 Å². The standard InChI is InChI=1S/C20H21NO5/c1-4-25-20(24)15-8-7-9-16(12-15)26-14(3)19(23)21-18-11-6-5-10-17(18)13(2)22/h5-12,14H,4H2,1-3H3,(H,21,23)/t14-/m1/s1. The second-order valence-electron chi connectivity index (χ2n) is 5.60. The Kier molecular flexibility index (Phi) is 6.49. The van der Waals surface area contributed by atoms with Crippen LogP contribution in [0, 0.1) is 0 Å². The lowest BCUT2D eigenvalue weighted by Crippen LogP contribution is -2.30. The normalized spacial score (nSPS) is 11.3. The van der Waals surface area contributed by atoms with Gasteiger partial charge in [0, 0.05) is 5.56 Å². The van der Waals surface area contributed by atoms with Crippen molar-refractivity contribution < 1.29 is 23.9 Å². The summed E-state index contributed by atoms with van der Waals surface area (Å²) in [6, 6.07) is 13.2. The SMILES string of the molecule is CCOC(=O)c1cccc(O[C@H](C)C(=O)Nc2ccccc2C(C)=O)c1. The molecule has 26 heavy (non-hydrogen) atoms. The first-order valence-electron chi connectivity index (χ1n) is 8.27. The number of amides is 1. The smallest absolute Gasteiger partial charge is 0.338 e. The van der Waals surface area contributed by atoms with E-state index in [-0.39, 0.29) is 12.4 Å². The van der Waals surface area contributed by atoms with E-state index in [9.17, 15) is 14.4 Å². The van der Waals surface area contributed by atoms with Gasteiger partial charge in [0.2, 0.25) is 0 Å². The number of esters is 1. The number of benzene rings is 2. The molecule has 0 aromatic heterocycles. The number of ether oxygens (including phenoxy) is 2. The molecule has 0 saturated heterocycles. The van der Waals surface area contributed by atoms with Crippen LogP contribution in [0.25, 0.3) is 0 Å². The molecule has 136 valence electrons. The van der Waals surface area contributed by atoms with E-state index in [1.807, 2.05) is 0 Å². The maximum Gasteiger partial charge on any atom is 0.338 e. The molecule has 0 unspecified atom stereocenters. The number of Topliss-reactive ketones (excluding diaryl/α,β-unsaturated/α-hetero) is 1. The Bertz CT molecular complexity index is 815. The van der Waals surface area contributed by atoms with Crippen LogP contribution < -0.4 is 10.1 Å². The first-order chi connectivity index (χ1) is 12.4. The van der Waals surface area contributed by atoms with Crippen LogP contribution in [0.4, 0.5) is 5.69 Å². The van der Waals surface area contributed by atoms with Crippen molar-refractivity contribution in [1.82, 2.24) is 0 Å². The van der Waals surface area contributed by atoms with Crippen LogP contribution in [0.5, 0.6) is 5.75 Å². The van der Waals surface area contributed by atoms with Gasteiger partial charge < -0.3 is 14.8 Å². The molecule has 1 amide bonds. The molecule has 2 aromatic rings. The van der Waals surface area contributed by atoms with Crippen molar-refractivity contribution in [2.45, 2.75) is 26.9 Å². The second-order valence-corrected chi connectivity index (χ2v) is 5.60. The highest BCUT2D eigenvalue weighted by Gasteiger charge is 2.18. The van der Waals surface area contributed by atoms with Crippen molar-refractivity contribution >= 4 is 23.3 Å². The zero-order chi connectivity index (χ0) is 19.1. The Hall–Kier alpha value is -3.15. The van der Waals surface area contributed by atoms with E-state index in [2.05, 4.69) is 5.32 Å². The third-order valence-electron chi connectivity index (χ3n) is 3.59. The molecule has 0 heterocycles. The van der Waals surface area contributed by atoms with Gasteiger partial charge in [0.1, 0.15) is 5.75 Å². The quantitative estimate of drug-likeness (QED) is 0.607. The van der Waals surface area contributed by atoms with E-state index in [4.69, 9.17) is 9.47 Å². The molecule has 0 saturated carbocycles. The van der Waals surface area contributed by atoms with E-state index in [0.717, 1.165) is 0 Å². The van der Waals surface area contributed by atoms with E-state index in [1.165, 1.54) is 13.0 Å². The number of ketones is 1. The van der Waals surface area contributed by atoms with Crippen LogP contribution in [0.2, 0.25) is 0 Å². The van der Waals surface area contributed by atoms with Gasteiger partial charge in [0.25, 0.3) is 5.91 Å². The number of carbonyl (C=O) groups excluding carboxylic acids is 3. The first-order valence-corrected chi connectivity index (χ1v) is 8.27. The third kappa shape index (κ3) is 4.92. The molecule has 0 radical (unpaired) electrons. The van der Waals surface area contributed by atoms with Gasteiger partial charge in [-0.25, -0.2) is 4.79 Å². The van der Waals surface area contributed by atoms with Crippen molar-refractivity contribution in [3.05, 3.63) is 59.7 Å². The van der Waals surface area contributed by atoms with E-state index in [0.29, 0.717) is 22.6 Å². The highest BCUT2D eigenvalue weighted by atomic mass is 16.5. The first kappa shape index (κ1) is 19.2. The summed E-state index contributed by atoms with van der Waals surface area (Å²) >= 11 is 0. The summed E-state index contributed by atoms with van der Waals surface area (Å²) in [5.74, 6) is -0.625. The lowest BCUT2D eigenvalue weighted by Gasteiger charge is -2.16. The van der Waals surface area contributed by atoms with Gasteiger partial charge in [-0.1, -0.05) is 18.2 Å². The summed E-state index contributed by atoms with van der Waals surface area (Å²) in [5, 5.41) is 2.69. The van der Waals surface area contributed by atoms with Crippen molar-refractivity contribution in [2.75, 3.05) is 11.9 Å². The molecule has 0 aliphatic rings. The minimum atomic E-state index is -0.826. The summed E-state index contributed by atoms with van der Waals surface area (Å²) in [6.07, 6.45) is -0.826. The number of anilines is 1. The zero-order valence-electron chi connectivity index (χ0n) is 14.9. The molecule has 0 spiro atoms. The Balaban J connectivity index is 2.07. The molecule has 2 aromatic carbocycles. The van der Waals surface area contributed by atoms with Crippen molar-refractivity contribution in [2.24, 2.45) is 0 Å². The Labute approximate surface area is 152 Å². The van der Waals surface area contributed by atoms with Gasteiger partial charge in [0.15, 0.2) is 11.9 Å². The Morgan fingerprint density at radius 2 is 1.81 bits per heavy atom. The number of hydrogen-bond acceptors (Lipinski definition) is 5. The van der Waals surface area contributed by atoms with E-state index in [1.54, 1.807) is 56.3 Å². The maximum atomic E-state index is 12.4. The average Bonchev–Trinajstić information content (AvgIpc) is 2.62. The maximum absolute atomic E-state index is 12.4. The highest BCUT2D eigenvalue weighted by Crippen LogP contribution is 2.18. The summed E-state index contributed by atoms with van der Waals surface area (Å²) < 4.78 is 10.6.